The minimum atomic E-state index is -0.857. The summed E-state index contributed by atoms with van der Waals surface area (Å²) < 4.78 is 13.0. The van der Waals surface area contributed by atoms with Gasteiger partial charge in [0.05, 0.1) is 17.8 Å². The first-order valence-electron chi connectivity index (χ1n) is 5.38. The van der Waals surface area contributed by atoms with Crippen LogP contribution in [0.5, 0.6) is 0 Å². The van der Waals surface area contributed by atoms with Gasteiger partial charge in [-0.3, -0.25) is 4.21 Å². The van der Waals surface area contributed by atoms with Crippen molar-refractivity contribution in [1.29, 1.82) is 0 Å². The maximum absolute atomic E-state index is 11.3. The molecule has 0 amide bonds. The largest absolute Gasteiger partial charge is 0.308 e. The fourth-order valence-corrected chi connectivity index (χ4v) is 1.75. The van der Waals surface area contributed by atoms with Crippen LogP contribution in [-0.2, 0) is 17.3 Å². The second-order valence-corrected chi connectivity index (χ2v) is 5.61. The Balaban J connectivity index is 2.74. The molecule has 0 spiro atoms. The van der Waals surface area contributed by atoms with Gasteiger partial charge in [0.2, 0.25) is 0 Å². The predicted octanol–water partition coefficient (Wildman–Crippen LogP) is 0.111. The van der Waals surface area contributed by atoms with Crippen molar-refractivity contribution in [3.8, 4) is 0 Å². The van der Waals surface area contributed by atoms with Crippen LogP contribution in [0.15, 0.2) is 0 Å². The van der Waals surface area contributed by atoms with E-state index in [0.717, 1.165) is 12.4 Å². The van der Waals surface area contributed by atoms with Crippen molar-refractivity contribution in [2.45, 2.75) is 38.6 Å². The highest BCUT2D eigenvalue weighted by atomic mass is 32.2. The summed E-state index contributed by atoms with van der Waals surface area (Å²) in [6, 6.07) is 0.109. The summed E-state index contributed by atoms with van der Waals surface area (Å²) in [6.07, 6.45) is 1.70. The molecular weight excluding hydrogens is 226 g/mol. The lowest BCUT2D eigenvalue weighted by molar-refractivity contribution is 0.492. The zero-order chi connectivity index (χ0) is 12.1. The lowest BCUT2D eigenvalue weighted by Gasteiger charge is -2.14. The van der Waals surface area contributed by atoms with Gasteiger partial charge in [-0.2, -0.15) is 0 Å². The number of hydrogen-bond acceptors (Lipinski definition) is 5. The molecule has 0 radical (unpaired) electrons. The summed E-state index contributed by atoms with van der Waals surface area (Å²) in [6.45, 7) is 7.43. The topological polar surface area (TPSA) is 72.7 Å². The van der Waals surface area contributed by atoms with E-state index in [4.69, 9.17) is 0 Å². The number of nitrogens with zero attached hydrogens (tertiary/aromatic N) is 4. The van der Waals surface area contributed by atoms with Gasteiger partial charge in [0.15, 0.2) is 5.82 Å². The second kappa shape index (κ2) is 6.05. The summed E-state index contributed by atoms with van der Waals surface area (Å²) in [4.78, 5) is 0. The van der Waals surface area contributed by atoms with E-state index < -0.39 is 10.8 Å². The van der Waals surface area contributed by atoms with Crippen molar-refractivity contribution < 1.29 is 4.21 Å². The summed E-state index contributed by atoms with van der Waals surface area (Å²) in [5.74, 6) is 0.791. The Hall–Kier alpha value is -0.820. The van der Waals surface area contributed by atoms with Gasteiger partial charge in [0, 0.05) is 17.1 Å². The lowest BCUT2D eigenvalue weighted by Crippen LogP contribution is -2.25. The van der Waals surface area contributed by atoms with Crippen LogP contribution in [0.1, 0.15) is 32.6 Å². The van der Waals surface area contributed by atoms with Gasteiger partial charge in [-0.15, -0.1) is 5.10 Å². The lowest BCUT2D eigenvalue weighted by atomic mass is 10.3. The molecule has 0 aliphatic carbocycles. The van der Waals surface area contributed by atoms with Crippen LogP contribution >= 0.6 is 0 Å². The van der Waals surface area contributed by atoms with E-state index in [1.54, 1.807) is 10.9 Å². The monoisotopic (exact) mass is 245 g/mol. The second-order valence-electron chi connectivity index (χ2n) is 3.81. The van der Waals surface area contributed by atoms with Gasteiger partial charge < -0.3 is 5.32 Å². The molecule has 1 heterocycles. The van der Waals surface area contributed by atoms with Crippen LogP contribution in [0.4, 0.5) is 0 Å². The van der Waals surface area contributed by atoms with Crippen LogP contribution in [0.2, 0.25) is 0 Å². The molecule has 0 aliphatic rings. The summed E-state index contributed by atoms with van der Waals surface area (Å²) in [5.41, 5.74) is 0. The van der Waals surface area contributed by atoms with Crippen molar-refractivity contribution in [2.75, 3.05) is 12.8 Å². The number of hydrogen-bond donors (Lipinski definition) is 1. The van der Waals surface area contributed by atoms with Gasteiger partial charge in [-0.25, -0.2) is 4.68 Å². The van der Waals surface area contributed by atoms with Crippen molar-refractivity contribution in [3.63, 3.8) is 0 Å². The number of tetrazole rings is 1. The van der Waals surface area contributed by atoms with Crippen molar-refractivity contribution in [3.05, 3.63) is 5.82 Å². The minimum Gasteiger partial charge on any atom is -0.308 e. The Morgan fingerprint density at radius 2 is 2.19 bits per heavy atom. The molecule has 16 heavy (non-hydrogen) atoms. The standard InChI is InChI=1S/C9H19N5OS/c1-5-10-8(3)9-11-12-13-14(9)6-7(2)16(4)15/h7-8,10H,5-6H2,1-4H3. The molecule has 1 rings (SSSR count). The van der Waals surface area contributed by atoms with Gasteiger partial charge in [-0.1, -0.05) is 6.92 Å². The molecule has 0 bridgehead atoms. The molecule has 0 saturated heterocycles. The van der Waals surface area contributed by atoms with Crippen molar-refractivity contribution in [2.24, 2.45) is 0 Å². The average Bonchev–Trinajstić information content (AvgIpc) is 2.66. The number of aromatic nitrogens is 4. The molecule has 7 heteroatoms. The Morgan fingerprint density at radius 3 is 2.75 bits per heavy atom. The number of nitrogens with one attached hydrogen (secondary N) is 1. The van der Waals surface area contributed by atoms with E-state index in [1.165, 1.54) is 0 Å². The minimum absolute atomic E-state index is 0.0519. The normalized spacial score (nSPS) is 17.0. The Bertz CT molecular complexity index is 353. The molecule has 1 N–H and O–H groups in total. The SMILES string of the molecule is CCNC(C)c1nnnn1CC(C)S(C)=O. The quantitative estimate of drug-likeness (QED) is 0.770. The Labute approximate surface area is 98.3 Å². The third-order valence-corrected chi connectivity index (χ3v) is 3.74. The van der Waals surface area contributed by atoms with Crippen LogP contribution < -0.4 is 5.32 Å². The van der Waals surface area contributed by atoms with Crippen molar-refractivity contribution >= 4 is 10.8 Å². The van der Waals surface area contributed by atoms with Crippen LogP contribution in [0.3, 0.4) is 0 Å². The highest BCUT2D eigenvalue weighted by molar-refractivity contribution is 7.84. The molecule has 0 aromatic carbocycles. The van der Waals surface area contributed by atoms with E-state index in [-0.39, 0.29) is 11.3 Å². The van der Waals surface area contributed by atoms with Gasteiger partial charge in [0.1, 0.15) is 0 Å². The molecule has 1 aromatic heterocycles. The fourth-order valence-electron chi connectivity index (χ4n) is 1.40. The highest BCUT2D eigenvalue weighted by Gasteiger charge is 2.16. The maximum Gasteiger partial charge on any atom is 0.167 e. The Morgan fingerprint density at radius 1 is 1.50 bits per heavy atom. The van der Waals surface area contributed by atoms with E-state index in [2.05, 4.69) is 20.8 Å². The molecule has 0 fully saturated rings. The zero-order valence-electron chi connectivity index (χ0n) is 10.2. The van der Waals surface area contributed by atoms with E-state index >= 15 is 0 Å². The first-order chi connectivity index (χ1) is 7.56. The highest BCUT2D eigenvalue weighted by Crippen LogP contribution is 2.08. The van der Waals surface area contributed by atoms with E-state index in [0.29, 0.717) is 6.54 Å². The van der Waals surface area contributed by atoms with Gasteiger partial charge in [0.25, 0.3) is 0 Å². The molecular formula is C9H19N5OS. The molecule has 6 nitrogen and oxygen atoms in total. The molecule has 0 aliphatic heterocycles. The van der Waals surface area contributed by atoms with Crippen LogP contribution in [-0.4, -0.2) is 42.5 Å². The molecule has 3 atom stereocenters. The maximum atomic E-state index is 11.3. The van der Waals surface area contributed by atoms with Crippen molar-refractivity contribution in [1.82, 2.24) is 25.5 Å². The van der Waals surface area contributed by atoms with Crippen LogP contribution in [0, 0.1) is 0 Å². The third-order valence-electron chi connectivity index (χ3n) is 2.45. The van der Waals surface area contributed by atoms with Gasteiger partial charge >= 0.3 is 0 Å². The summed E-state index contributed by atoms with van der Waals surface area (Å²) in [5, 5.41) is 14.9. The van der Waals surface area contributed by atoms with E-state index in [1.807, 2.05) is 20.8 Å². The fraction of sp³-hybridized carbons (Fsp3) is 0.889. The summed E-state index contributed by atoms with van der Waals surface area (Å²) >= 11 is 0. The molecule has 0 saturated carbocycles. The average molecular weight is 245 g/mol. The molecule has 3 unspecified atom stereocenters. The zero-order valence-corrected chi connectivity index (χ0v) is 11.0. The summed E-state index contributed by atoms with van der Waals surface area (Å²) in [7, 11) is -0.857. The third kappa shape index (κ3) is 3.34. The smallest absolute Gasteiger partial charge is 0.167 e. The molecule has 1 aromatic rings. The van der Waals surface area contributed by atoms with Crippen LogP contribution in [0.25, 0.3) is 0 Å². The first kappa shape index (κ1) is 13.2. The number of rotatable bonds is 6. The van der Waals surface area contributed by atoms with Gasteiger partial charge in [-0.05, 0) is 30.8 Å². The first-order valence-corrected chi connectivity index (χ1v) is 7.00. The molecule has 92 valence electrons. The Kier molecular flexibility index (Phi) is 5.01. The van der Waals surface area contributed by atoms with E-state index in [9.17, 15) is 4.21 Å². The predicted molar refractivity (Wildman–Crippen MR) is 63.4 cm³/mol.